The van der Waals surface area contributed by atoms with Crippen molar-refractivity contribution >= 4 is 0 Å². The van der Waals surface area contributed by atoms with Gasteiger partial charge in [0.2, 0.25) is 0 Å². The molecule has 4 heterocycles. The van der Waals surface area contributed by atoms with Crippen molar-refractivity contribution in [3.63, 3.8) is 0 Å². The van der Waals surface area contributed by atoms with Gasteiger partial charge in [-0.25, -0.2) is 0 Å². The van der Waals surface area contributed by atoms with Crippen molar-refractivity contribution in [2.45, 2.75) is 70.1 Å². The second-order valence-electron chi connectivity index (χ2n) is 10.7. The molecule has 5 nitrogen and oxygen atoms in total. The third kappa shape index (κ3) is 4.97. The summed E-state index contributed by atoms with van der Waals surface area (Å²) in [5.74, 6) is 1.79. The Bertz CT molecular complexity index is 1150. The van der Waals surface area contributed by atoms with Crippen LogP contribution in [0.4, 0.5) is 0 Å². The Kier molecular flexibility index (Phi) is 6.99. The lowest BCUT2D eigenvalue weighted by molar-refractivity contribution is 0.284. The number of rotatable bonds is 2. The normalized spacial score (nSPS) is 23.8. The number of aryl methyl sites for hydroxylation is 1. The standard InChI is InChI=1S/C31H39N3O2/c1-23-20-24-22-25(21-23)36-19-7-5-15-31(3,27-11-9-17-33-27)29-13-12-28(34-29)30(2,14-4-6-18-35-24)26-10-8-16-32-26/h8-13,16-17,20-22,32-34H,4-7,14-15,18-19H2,1-3H3. The van der Waals surface area contributed by atoms with Crippen molar-refractivity contribution in [3.8, 4) is 11.5 Å². The Balaban J connectivity index is 1.47. The van der Waals surface area contributed by atoms with Gasteiger partial charge in [-0.1, -0.05) is 0 Å². The van der Waals surface area contributed by atoms with Crippen molar-refractivity contribution in [3.05, 3.63) is 95.3 Å². The molecule has 0 fully saturated rings. The fourth-order valence-electron chi connectivity index (χ4n) is 5.64. The van der Waals surface area contributed by atoms with Crippen LogP contribution in [0.25, 0.3) is 0 Å². The maximum absolute atomic E-state index is 6.13. The molecule has 0 radical (unpaired) electrons. The topological polar surface area (TPSA) is 65.8 Å². The maximum Gasteiger partial charge on any atom is 0.123 e. The van der Waals surface area contributed by atoms with Gasteiger partial charge in [0.1, 0.15) is 11.5 Å². The van der Waals surface area contributed by atoms with Crippen LogP contribution in [0.5, 0.6) is 11.5 Å². The molecule has 5 rings (SSSR count). The Labute approximate surface area is 214 Å². The van der Waals surface area contributed by atoms with E-state index in [-0.39, 0.29) is 10.8 Å². The van der Waals surface area contributed by atoms with E-state index >= 15 is 0 Å². The molecule has 0 spiro atoms. The summed E-state index contributed by atoms with van der Waals surface area (Å²) in [5, 5.41) is 0. The molecule has 1 aliphatic rings. The van der Waals surface area contributed by atoms with E-state index in [4.69, 9.17) is 9.47 Å². The Morgan fingerprint density at radius 2 is 1.14 bits per heavy atom. The van der Waals surface area contributed by atoms with E-state index in [1.165, 1.54) is 22.8 Å². The van der Waals surface area contributed by atoms with Gasteiger partial charge in [0.25, 0.3) is 0 Å². The van der Waals surface area contributed by atoms with Gasteiger partial charge in [0, 0.05) is 52.1 Å². The first-order valence-electron chi connectivity index (χ1n) is 13.3. The van der Waals surface area contributed by atoms with Gasteiger partial charge in [-0.05, 0) is 113 Å². The molecule has 0 amide bonds. The summed E-state index contributed by atoms with van der Waals surface area (Å²) in [4.78, 5) is 10.9. The zero-order valence-electron chi connectivity index (χ0n) is 21.8. The number of fused-ring (bicyclic) bond motifs is 4. The lowest BCUT2D eigenvalue weighted by Crippen LogP contribution is -2.28. The number of nitrogens with one attached hydrogen (secondary N) is 3. The summed E-state index contributed by atoms with van der Waals surface area (Å²) in [6.45, 7) is 8.20. The van der Waals surface area contributed by atoms with Crippen LogP contribution >= 0.6 is 0 Å². The highest BCUT2D eigenvalue weighted by molar-refractivity contribution is 5.39. The average Bonchev–Trinajstić information content (AvgIpc) is 3.65. The summed E-state index contributed by atoms with van der Waals surface area (Å²) in [7, 11) is 0. The van der Waals surface area contributed by atoms with Gasteiger partial charge in [-0.2, -0.15) is 0 Å². The van der Waals surface area contributed by atoms with Crippen LogP contribution in [0.3, 0.4) is 0 Å². The van der Waals surface area contributed by atoms with Crippen LogP contribution < -0.4 is 9.47 Å². The molecule has 1 aromatic carbocycles. The number of hydrogen-bond donors (Lipinski definition) is 3. The minimum atomic E-state index is -0.131. The van der Waals surface area contributed by atoms with E-state index in [1.807, 2.05) is 18.5 Å². The van der Waals surface area contributed by atoms with Gasteiger partial charge in [-0.3, -0.25) is 0 Å². The van der Waals surface area contributed by atoms with E-state index < -0.39 is 0 Å². The molecule has 1 aliphatic heterocycles. The molecule has 4 bridgehead atoms. The molecule has 5 heteroatoms. The second-order valence-corrected chi connectivity index (χ2v) is 10.7. The number of aromatic amines is 3. The molecule has 0 aliphatic carbocycles. The quantitative estimate of drug-likeness (QED) is 0.277. The predicted molar refractivity (Wildman–Crippen MR) is 145 cm³/mol. The molecule has 3 N–H and O–H groups in total. The van der Waals surface area contributed by atoms with Crippen LogP contribution in [-0.2, 0) is 10.8 Å². The lowest BCUT2D eigenvalue weighted by Gasteiger charge is -2.31. The molecule has 3 aromatic heterocycles. The van der Waals surface area contributed by atoms with Crippen molar-refractivity contribution in [2.75, 3.05) is 13.2 Å². The number of ether oxygens (including phenoxy) is 2. The Hall–Kier alpha value is -3.34. The highest BCUT2D eigenvalue weighted by Crippen LogP contribution is 2.40. The molecular weight excluding hydrogens is 446 g/mol. The molecule has 0 saturated carbocycles. The zero-order valence-corrected chi connectivity index (χ0v) is 21.8. The number of hydrogen-bond acceptors (Lipinski definition) is 2. The second kappa shape index (κ2) is 10.3. The van der Waals surface area contributed by atoms with Gasteiger partial charge in [0.05, 0.1) is 13.2 Å². The van der Waals surface area contributed by atoms with Gasteiger partial charge >= 0.3 is 0 Å². The molecule has 4 aromatic rings. The largest absolute Gasteiger partial charge is 0.493 e. The first kappa shape index (κ1) is 24.4. The van der Waals surface area contributed by atoms with Gasteiger partial charge in [-0.15, -0.1) is 0 Å². The van der Waals surface area contributed by atoms with Crippen LogP contribution in [0.2, 0.25) is 0 Å². The van der Waals surface area contributed by atoms with Crippen molar-refractivity contribution in [1.82, 2.24) is 15.0 Å². The first-order chi connectivity index (χ1) is 17.5. The highest BCUT2D eigenvalue weighted by atomic mass is 16.5. The minimum Gasteiger partial charge on any atom is -0.493 e. The fraction of sp³-hybridized carbons (Fsp3) is 0.419. The molecule has 2 atom stereocenters. The number of benzene rings is 1. The van der Waals surface area contributed by atoms with Crippen molar-refractivity contribution in [2.24, 2.45) is 0 Å². The summed E-state index contributed by atoms with van der Waals surface area (Å²) < 4.78 is 12.3. The monoisotopic (exact) mass is 485 g/mol. The zero-order chi connectivity index (χ0) is 25.0. The molecule has 190 valence electrons. The van der Waals surface area contributed by atoms with Crippen LogP contribution in [-0.4, -0.2) is 28.2 Å². The Morgan fingerprint density at radius 1 is 0.639 bits per heavy atom. The van der Waals surface area contributed by atoms with E-state index in [0.29, 0.717) is 13.2 Å². The highest BCUT2D eigenvalue weighted by Gasteiger charge is 2.35. The maximum atomic E-state index is 6.13. The van der Waals surface area contributed by atoms with Crippen LogP contribution in [0.15, 0.2) is 67.0 Å². The molecular formula is C31H39N3O2. The minimum absolute atomic E-state index is 0.131. The van der Waals surface area contributed by atoms with Crippen molar-refractivity contribution < 1.29 is 9.47 Å². The summed E-state index contributed by atoms with van der Waals surface area (Å²) in [6, 6.07) is 19.4. The molecule has 36 heavy (non-hydrogen) atoms. The predicted octanol–water partition coefficient (Wildman–Crippen LogP) is 7.40. The van der Waals surface area contributed by atoms with Crippen LogP contribution in [0.1, 0.15) is 80.7 Å². The number of aromatic nitrogens is 3. The van der Waals surface area contributed by atoms with Gasteiger partial charge in [0.15, 0.2) is 0 Å². The van der Waals surface area contributed by atoms with E-state index in [1.54, 1.807) is 0 Å². The third-order valence-electron chi connectivity index (χ3n) is 7.96. The first-order valence-corrected chi connectivity index (χ1v) is 13.3. The lowest BCUT2D eigenvalue weighted by atomic mass is 9.78. The average molecular weight is 486 g/mol. The number of H-pyrrole nitrogens is 3. The molecule has 2 unspecified atom stereocenters. The van der Waals surface area contributed by atoms with Gasteiger partial charge < -0.3 is 24.4 Å². The van der Waals surface area contributed by atoms with Crippen molar-refractivity contribution in [1.29, 1.82) is 0 Å². The summed E-state index contributed by atoms with van der Waals surface area (Å²) >= 11 is 0. The van der Waals surface area contributed by atoms with E-state index in [0.717, 1.165) is 55.6 Å². The smallest absolute Gasteiger partial charge is 0.123 e. The molecule has 0 saturated heterocycles. The van der Waals surface area contributed by atoms with E-state index in [2.05, 4.69) is 84.3 Å². The van der Waals surface area contributed by atoms with E-state index in [9.17, 15) is 0 Å². The van der Waals surface area contributed by atoms with Crippen LogP contribution in [0, 0.1) is 6.92 Å². The SMILES string of the molecule is Cc1cc2cc(c1)OCCCCC(C)(c1ccc[nH]1)c1ccc([nH]1)C(C)(c1ccc[nH]1)CCCCO2. The fourth-order valence-corrected chi connectivity index (χ4v) is 5.64. The third-order valence-corrected chi connectivity index (χ3v) is 7.96. The Morgan fingerprint density at radius 3 is 1.58 bits per heavy atom. The summed E-state index contributed by atoms with van der Waals surface area (Å²) in [6.07, 6.45) is 10.2. The summed E-state index contributed by atoms with van der Waals surface area (Å²) in [5.41, 5.74) is 5.90.